The first-order chi connectivity index (χ1) is 14.7. The molecule has 1 heterocycles. The minimum atomic E-state index is -4.44. The van der Waals surface area contributed by atoms with Gasteiger partial charge in [0, 0.05) is 12.2 Å². The van der Waals surface area contributed by atoms with E-state index in [9.17, 15) is 18.0 Å². The molecule has 2 aromatic carbocycles. The van der Waals surface area contributed by atoms with Crippen molar-refractivity contribution in [2.45, 2.75) is 26.1 Å². The number of nitrogens with one attached hydrogen (secondary N) is 2. The number of nitrogens with zero attached hydrogens (tertiary/aromatic N) is 1. The SMILES string of the molecule is CCN1C(=S)NC(c2ccc(C(F)(F)F)cc2)C(C(=O)Nc2ccccc2OC)=C1C. The maximum atomic E-state index is 13.3. The molecule has 164 valence electrons. The quantitative estimate of drug-likeness (QED) is 0.638. The first-order valence-corrected chi connectivity index (χ1v) is 9.98. The number of para-hydroxylation sites is 2. The lowest BCUT2D eigenvalue weighted by Gasteiger charge is -2.37. The van der Waals surface area contributed by atoms with E-state index in [0.29, 0.717) is 39.9 Å². The van der Waals surface area contributed by atoms with Gasteiger partial charge in [-0.15, -0.1) is 0 Å². The summed E-state index contributed by atoms with van der Waals surface area (Å²) in [6.45, 7) is 4.19. The van der Waals surface area contributed by atoms with Crippen LogP contribution >= 0.6 is 12.2 Å². The Hall–Kier alpha value is -3.07. The van der Waals surface area contributed by atoms with Crippen molar-refractivity contribution < 1.29 is 22.7 Å². The van der Waals surface area contributed by atoms with E-state index in [1.165, 1.54) is 19.2 Å². The molecular weight excluding hydrogens is 427 g/mol. The second-order valence-electron chi connectivity index (χ2n) is 6.90. The Morgan fingerprint density at radius 2 is 1.84 bits per heavy atom. The van der Waals surface area contributed by atoms with Crippen LogP contribution in [0.3, 0.4) is 0 Å². The van der Waals surface area contributed by atoms with Gasteiger partial charge >= 0.3 is 6.18 Å². The molecule has 5 nitrogen and oxygen atoms in total. The fourth-order valence-electron chi connectivity index (χ4n) is 3.51. The van der Waals surface area contributed by atoms with Crippen molar-refractivity contribution in [3.63, 3.8) is 0 Å². The zero-order valence-electron chi connectivity index (χ0n) is 17.2. The van der Waals surface area contributed by atoms with Crippen molar-refractivity contribution >= 4 is 28.9 Å². The third kappa shape index (κ3) is 4.66. The maximum absolute atomic E-state index is 13.3. The van der Waals surface area contributed by atoms with Gasteiger partial charge in [0.15, 0.2) is 5.11 Å². The first kappa shape index (κ1) is 22.6. The average molecular weight is 449 g/mol. The molecule has 0 aliphatic carbocycles. The summed E-state index contributed by atoms with van der Waals surface area (Å²) in [7, 11) is 1.50. The molecule has 1 amide bonds. The van der Waals surface area contributed by atoms with Crippen LogP contribution in [0.5, 0.6) is 5.75 Å². The number of allylic oxidation sites excluding steroid dienone is 1. The largest absolute Gasteiger partial charge is 0.495 e. The third-order valence-electron chi connectivity index (χ3n) is 5.08. The lowest BCUT2D eigenvalue weighted by Crippen LogP contribution is -2.48. The van der Waals surface area contributed by atoms with E-state index in [0.717, 1.165) is 12.1 Å². The van der Waals surface area contributed by atoms with Gasteiger partial charge in [-0.05, 0) is 55.9 Å². The molecule has 3 rings (SSSR count). The number of alkyl halides is 3. The summed E-state index contributed by atoms with van der Waals surface area (Å²) in [6.07, 6.45) is -4.44. The van der Waals surface area contributed by atoms with E-state index in [-0.39, 0.29) is 0 Å². The zero-order valence-corrected chi connectivity index (χ0v) is 18.0. The van der Waals surface area contributed by atoms with Gasteiger partial charge in [-0.2, -0.15) is 13.2 Å². The Labute approximate surface area is 183 Å². The van der Waals surface area contributed by atoms with Crippen molar-refractivity contribution in [2.75, 3.05) is 19.0 Å². The number of rotatable bonds is 5. The van der Waals surface area contributed by atoms with E-state index in [2.05, 4.69) is 10.6 Å². The monoisotopic (exact) mass is 449 g/mol. The Bertz CT molecular complexity index is 1020. The minimum absolute atomic E-state index is 0.362. The topological polar surface area (TPSA) is 53.6 Å². The molecule has 0 bridgehead atoms. The molecule has 0 fully saturated rings. The lowest BCUT2D eigenvalue weighted by atomic mass is 9.93. The van der Waals surface area contributed by atoms with Crippen molar-refractivity contribution in [3.05, 3.63) is 70.9 Å². The van der Waals surface area contributed by atoms with Crippen molar-refractivity contribution in [1.29, 1.82) is 0 Å². The van der Waals surface area contributed by atoms with Crippen LogP contribution in [0.25, 0.3) is 0 Å². The van der Waals surface area contributed by atoms with Crippen LogP contribution in [0.4, 0.5) is 18.9 Å². The minimum Gasteiger partial charge on any atom is -0.495 e. The smallest absolute Gasteiger partial charge is 0.416 e. The fourth-order valence-corrected chi connectivity index (χ4v) is 3.89. The number of benzene rings is 2. The molecular formula is C22H22F3N3O2S. The van der Waals surface area contributed by atoms with E-state index < -0.39 is 23.7 Å². The van der Waals surface area contributed by atoms with E-state index in [4.69, 9.17) is 17.0 Å². The number of hydrogen-bond donors (Lipinski definition) is 2. The summed E-state index contributed by atoms with van der Waals surface area (Å²) in [5.41, 5.74) is 1.21. The van der Waals surface area contributed by atoms with Gasteiger partial charge in [0.1, 0.15) is 5.75 Å². The van der Waals surface area contributed by atoms with Gasteiger partial charge in [0.05, 0.1) is 30.0 Å². The number of halogens is 3. The number of methoxy groups -OCH3 is 1. The van der Waals surface area contributed by atoms with Gasteiger partial charge in [-0.1, -0.05) is 24.3 Å². The molecule has 0 saturated carbocycles. The Morgan fingerprint density at radius 1 is 1.19 bits per heavy atom. The second kappa shape index (κ2) is 8.97. The standard InChI is InChI=1S/C22H22F3N3O2S/c1-4-28-13(2)18(20(29)26-16-7-5-6-8-17(16)30-3)19(27-21(28)31)14-9-11-15(12-10-14)22(23,24)25/h5-12,19H,4H2,1-3H3,(H,26,29)(H,27,31). The fraction of sp³-hybridized carbons (Fsp3) is 0.273. The number of ether oxygens (including phenoxy) is 1. The van der Waals surface area contributed by atoms with Crippen LogP contribution in [0.1, 0.15) is 31.0 Å². The van der Waals surface area contributed by atoms with Gasteiger partial charge in [-0.3, -0.25) is 4.79 Å². The molecule has 0 spiro atoms. The zero-order chi connectivity index (χ0) is 22.8. The molecule has 9 heteroatoms. The predicted molar refractivity (Wildman–Crippen MR) is 117 cm³/mol. The molecule has 1 atom stereocenters. The van der Waals surface area contributed by atoms with Gasteiger partial charge in [0.2, 0.25) is 0 Å². The number of amides is 1. The van der Waals surface area contributed by atoms with Gasteiger partial charge in [0.25, 0.3) is 5.91 Å². The lowest BCUT2D eigenvalue weighted by molar-refractivity contribution is -0.137. The Kier molecular flexibility index (Phi) is 6.54. The highest BCUT2D eigenvalue weighted by atomic mass is 32.1. The molecule has 31 heavy (non-hydrogen) atoms. The van der Waals surface area contributed by atoms with Crippen molar-refractivity contribution in [1.82, 2.24) is 10.2 Å². The first-order valence-electron chi connectivity index (χ1n) is 9.57. The summed E-state index contributed by atoms with van der Waals surface area (Å²) in [5, 5.41) is 6.34. The van der Waals surface area contributed by atoms with Crippen LogP contribution < -0.4 is 15.4 Å². The second-order valence-corrected chi connectivity index (χ2v) is 7.29. The molecule has 0 aromatic heterocycles. The number of anilines is 1. The van der Waals surface area contributed by atoms with Crippen LogP contribution in [-0.2, 0) is 11.0 Å². The highest BCUT2D eigenvalue weighted by Gasteiger charge is 2.35. The van der Waals surface area contributed by atoms with Gasteiger partial charge < -0.3 is 20.3 Å². The molecule has 1 unspecified atom stereocenters. The number of carbonyl (C=O) groups excluding carboxylic acids is 1. The maximum Gasteiger partial charge on any atom is 0.416 e. The highest BCUT2D eigenvalue weighted by Crippen LogP contribution is 2.35. The third-order valence-corrected chi connectivity index (χ3v) is 5.42. The van der Waals surface area contributed by atoms with E-state index in [1.54, 1.807) is 36.1 Å². The summed E-state index contributed by atoms with van der Waals surface area (Å²) < 4.78 is 44.2. The summed E-state index contributed by atoms with van der Waals surface area (Å²) in [4.78, 5) is 15.1. The number of thiocarbonyl (C=S) groups is 1. The summed E-state index contributed by atoms with van der Waals surface area (Å²) >= 11 is 5.42. The van der Waals surface area contributed by atoms with E-state index >= 15 is 0 Å². The number of carbonyl (C=O) groups is 1. The van der Waals surface area contributed by atoms with Crippen molar-refractivity contribution in [3.8, 4) is 5.75 Å². The van der Waals surface area contributed by atoms with Crippen molar-refractivity contribution in [2.24, 2.45) is 0 Å². The molecule has 0 saturated heterocycles. The summed E-state index contributed by atoms with van der Waals surface area (Å²) in [6, 6.07) is 11.0. The van der Waals surface area contributed by atoms with Crippen LogP contribution in [0.2, 0.25) is 0 Å². The molecule has 1 aliphatic heterocycles. The Balaban J connectivity index is 2.02. The van der Waals surface area contributed by atoms with Gasteiger partial charge in [-0.25, -0.2) is 0 Å². The molecule has 1 aliphatic rings. The summed E-state index contributed by atoms with van der Waals surface area (Å²) in [5.74, 6) is 0.0900. The normalized spacial score (nSPS) is 16.8. The van der Waals surface area contributed by atoms with Crippen LogP contribution in [0, 0.1) is 0 Å². The molecule has 0 radical (unpaired) electrons. The molecule has 2 N–H and O–H groups in total. The average Bonchev–Trinajstić information content (AvgIpc) is 2.73. The predicted octanol–water partition coefficient (Wildman–Crippen LogP) is 4.88. The highest BCUT2D eigenvalue weighted by molar-refractivity contribution is 7.80. The van der Waals surface area contributed by atoms with Crippen LogP contribution in [0.15, 0.2) is 59.8 Å². The number of hydrogen-bond acceptors (Lipinski definition) is 3. The Morgan fingerprint density at radius 3 is 2.42 bits per heavy atom. The molecule has 2 aromatic rings. The van der Waals surface area contributed by atoms with Crippen LogP contribution in [-0.4, -0.2) is 29.6 Å². The van der Waals surface area contributed by atoms with E-state index in [1.807, 2.05) is 6.92 Å².